The monoisotopic (exact) mass is 387 g/mol. The fourth-order valence-corrected chi connectivity index (χ4v) is 5.14. The first-order valence-electron chi connectivity index (χ1n) is 8.90. The molecule has 3 aromatic heterocycles. The number of methoxy groups -OCH3 is 1. The Morgan fingerprint density at radius 2 is 2.11 bits per heavy atom. The number of rotatable bonds is 3. The van der Waals surface area contributed by atoms with Gasteiger partial charge in [0.1, 0.15) is 5.52 Å². The molecule has 140 valence electrons. The molecular formula is C19H18FN3O3S. The van der Waals surface area contributed by atoms with Crippen molar-refractivity contribution in [3.8, 4) is 16.9 Å². The van der Waals surface area contributed by atoms with Crippen molar-refractivity contribution >= 4 is 16.9 Å². The minimum absolute atomic E-state index is 0.0754. The molecule has 1 aliphatic heterocycles. The molecule has 0 radical (unpaired) electrons. The van der Waals surface area contributed by atoms with Crippen molar-refractivity contribution in [3.05, 3.63) is 54.2 Å². The molecule has 1 unspecified atom stereocenters. The summed E-state index contributed by atoms with van der Waals surface area (Å²) >= 11 is 1.58. The zero-order chi connectivity index (χ0) is 18.9. The van der Waals surface area contributed by atoms with Gasteiger partial charge in [0.2, 0.25) is 0 Å². The maximum Gasteiger partial charge on any atom is 0.333 e. The third kappa shape index (κ3) is 2.33. The number of ether oxygens (including phenoxy) is 1. The number of nitrogens with zero attached hydrogens (tertiary/aromatic N) is 1. The molecule has 0 amide bonds. The summed E-state index contributed by atoms with van der Waals surface area (Å²) in [7, 11) is 1.45. The highest BCUT2D eigenvalue weighted by Gasteiger charge is 2.33. The average Bonchev–Trinajstić information content (AvgIpc) is 3.27. The number of nitrogens with one attached hydrogen (secondary N) is 2. The molecule has 1 aliphatic carbocycles. The lowest BCUT2D eigenvalue weighted by Crippen LogP contribution is -2.29. The van der Waals surface area contributed by atoms with Crippen molar-refractivity contribution in [2.75, 3.05) is 7.11 Å². The largest absolute Gasteiger partial charge is 0.494 e. The normalized spacial score (nSPS) is 18.9. The van der Waals surface area contributed by atoms with E-state index in [1.807, 2.05) is 5.38 Å². The van der Waals surface area contributed by atoms with Gasteiger partial charge < -0.3 is 10.1 Å². The summed E-state index contributed by atoms with van der Waals surface area (Å²) in [6.45, 7) is 2.73. The third-order valence-electron chi connectivity index (χ3n) is 5.47. The number of fused-ring (bicyclic) bond motifs is 2. The van der Waals surface area contributed by atoms with Gasteiger partial charge in [-0.3, -0.25) is 14.2 Å². The maximum absolute atomic E-state index is 15.2. The number of aromatic nitrogens is 2. The minimum Gasteiger partial charge on any atom is -0.494 e. The molecule has 3 aromatic rings. The summed E-state index contributed by atoms with van der Waals surface area (Å²) < 4.78 is 22.0. The van der Waals surface area contributed by atoms with Crippen molar-refractivity contribution in [1.82, 2.24) is 14.7 Å². The fraction of sp³-hybridized carbons (Fsp3) is 0.368. The molecule has 0 aromatic carbocycles. The highest BCUT2D eigenvalue weighted by molar-refractivity contribution is 7.10. The molecule has 8 heteroatoms. The van der Waals surface area contributed by atoms with Crippen LogP contribution in [-0.4, -0.2) is 16.5 Å². The van der Waals surface area contributed by atoms with Crippen LogP contribution in [0.15, 0.2) is 21.2 Å². The quantitative estimate of drug-likeness (QED) is 0.725. The van der Waals surface area contributed by atoms with Crippen LogP contribution in [0, 0.1) is 5.82 Å². The Balaban J connectivity index is 1.91. The Morgan fingerprint density at radius 3 is 2.81 bits per heavy atom. The molecule has 2 aliphatic rings. The second kappa shape index (κ2) is 5.77. The van der Waals surface area contributed by atoms with Gasteiger partial charge in [-0.05, 0) is 36.6 Å². The van der Waals surface area contributed by atoms with Crippen LogP contribution in [0.25, 0.3) is 16.6 Å². The van der Waals surface area contributed by atoms with E-state index in [1.165, 1.54) is 16.4 Å². The van der Waals surface area contributed by atoms with Gasteiger partial charge in [0, 0.05) is 28.6 Å². The Hall–Kier alpha value is -2.45. The second-order valence-corrected chi connectivity index (χ2v) is 8.06. The SMILES string of the molecule is COc1c(-c2csc3c2CNC3C)c(F)cn2c(=O)[nH]c(=O)c(C3CC3)c12. The predicted molar refractivity (Wildman–Crippen MR) is 101 cm³/mol. The first kappa shape index (κ1) is 16.7. The number of hydrogen-bond donors (Lipinski definition) is 2. The van der Waals surface area contributed by atoms with E-state index in [4.69, 9.17) is 4.74 Å². The maximum atomic E-state index is 15.2. The number of pyridine rings is 1. The summed E-state index contributed by atoms with van der Waals surface area (Å²) in [6, 6.07) is 0.223. The standard InChI is InChI=1S/C19H18FN3O3S/c1-8-17-10(5-21-8)11(7-27-17)14-12(20)6-23-15(16(14)26-2)13(9-3-4-9)18(24)22-19(23)25/h6-9,21H,3-5H2,1-2H3,(H,22,24,25). The lowest BCUT2D eigenvalue weighted by molar-refractivity contribution is 0.415. The van der Waals surface area contributed by atoms with E-state index >= 15 is 4.39 Å². The van der Waals surface area contributed by atoms with Crippen molar-refractivity contribution in [1.29, 1.82) is 0 Å². The molecule has 0 spiro atoms. The first-order chi connectivity index (χ1) is 13.0. The number of H-pyrrole nitrogens is 1. The lowest BCUT2D eigenvalue weighted by atomic mass is 10.00. The van der Waals surface area contributed by atoms with Crippen molar-refractivity contribution in [2.24, 2.45) is 0 Å². The lowest BCUT2D eigenvalue weighted by Gasteiger charge is -2.16. The van der Waals surface area contributed by atoms with E-state index < -0.39 is 17.1 Å². The van der Waals surface area contributed by atoms with E-state index in [9.17, 15) is 9.59 Å². The van der Waals surface area contributed by atoms with Crippen LogP contribution in [0.2, 0.25) is 0 Å². The van der Waals surface area contributed by atoms with Crippen LogP contribution < -0.4 is 21.3 Å². The van der Waals surface area contributed by atoms with Crippen molar-refractivity contribution in [3.63, 3.8) is 0 Å². The Kier molecular flexibility index (Phi) is 3.57. The number of thiophene rings is 1. The zero-order valence-corrected chi connectivity index (χ0v) is 15.7. The average molecular weight is 387 g/mol. The molecule has 0 saturated heterocycles. The van der Waals surface area contributed by atoms with Gasteiger partial charge in [-0.2, -0.15) is 0 Å². The molecule has 27 heavy (non-hydrogen) atoms. The third-order valence-corrected chi connectivity index (χ3v) is 6.67. The van der Waals surface area contributed by atoms with Crippen LogP contribution in [-0.2, 0) is 6.54 Å². The van der Waals surface area contributed by atoms with E-state index in [0.717, 1.165) is 30.2 Å². The van der Waals surface area contributed by atoms with Gasteiger partial charge in [-0.15, -0.1) is 11.3 Å². The summed E-state index contributed by atoms with van der Waals surface area (Å²) in [5.41, 5.74) is 1.94. The molecule has 1 saturated carbocycles. The van der Waals surface area contributed by atoms with Gasteiger partial charge in [-0.1, -0.05) is 0 Å². The molecule has 5 rings (SSSR count). The van der Waals surface area contributed by atoms with Crippen LogP contribution in [0.3, 0.4) is 0 Å². The Morgan fingerprint density at radius 1 is 1.33 bits per heavy atom. The van der Waals surface area contributed by atoms with Gasteiger partial charge in [0.15, 0.2) is 11.6 Å². The van der Waals surface area contributed by atoms with E-state index in [1.54, 1.807) is 11.3 Å². The summed E-state index contributed by atoms with van der Waals surface area (Å²) in [6.07, 6.45) is 2.91. The number of halogens is 1. The van der Waals surface area contributed by atoms with E-state index in [2.05, 4.69) is 17.2 Å². The molecule has 0 bridgehead atoms. The molecule has 4 heterocycles. The first-order valence-corrected chi connectivity index (χ1v) is 9.78. The summed E-state index contributed by atoms with van der Waals surface area (Å²) in [5, 5.41) is 5.30. The topological polar surface area (TPSA) is 75.6 Å². The van der Waals surface area contributed by atoms with E-state index in [0.29, 0.717) is 23.2 Å². The smallest absolute Gasteiger partial charge is 0.333 e. The molecule has 1 fully saturated rings. The Bertz CT molecular complexity index is 1210. The second-order valence-electron chi connectivity index (χ2n) is 7.15. The molecular weight excluding hydrogens is 369 g/mol. The summed E-state index contributed by atoms with van der Waals surface area (Å²) in [4.78, 5) is 28.3. The molecule has 1 atom stereocenters. The zero-order valence-electron chi connectivity index (χ0n) is 14.9. The number of aromatic amines is 1. The summed E-state index contributed by atoms with van der Waals surface area (Å²) in [5.74, 6) is -0.220. The fourth-order valence-electron chi connectivity index (χ4n) is 4.02. The van der Waals surface area contributed by atoms with Crippen LogP contribution in [0.4, 0.5) is 4.39 Å². The van der Waals surface area contributed by atoms with Crippen molar-refractivity contribution < 1.29 is 9.13 Å². The van der Waals surface area contributed by atoms with Crippen LogP contribution in [0.5, 0.6) is 5.75 Å². The number of hydrogen-bond acceptors (Lipinski definition) is 5. The van der Waals surface area contributed by atoms with Gasteiger partial charge >= 0.3 is 5.69 Å². The van der Waals surface area contributed by atoms with Gasteiger partial charge in [0.25, 0.3) is 5.56 Å². The predicted octanol–water partition coefficient (Wildman–Crippen LogP) is 2.91. The Labute approximate surface area is 157 Å². The van der Waals surface area contributed by atoms with Gasteiger partial charge in [-0.25, -0.2) is 9.18 Å². The highest BCUT2D eigenvalue weighted by Crippen LogP contribution is 2.47. The van der Waals surface area contributed by atoms with E-state index in [-0.39, 0.29) is 17.7 Å². The van der Waals surface area contributed by atoms with Crippen LogP contribution in [0.1, 0.15) is 47.7 Å². The molecule has 6 nitrogen and oxygen atoms in total. The van der Waals surface area contributed by atoms with Crippen LogP contribution >= 0.6 is 11.3 Å². The molecule has 2 N–H and O–H groups in total. The highest BCUT2D eigenvalue weighted by atomic mass is 32.1. The van der Waals surface area contributed by atoms with Crippen molar-refractivity contribution in [2.45, 2.75) is 38.3 Å². The minimum atomic E-state index is -0.658. The van der Waals surface area contributed by atoms with Gasteiger partial charge in [0.05, 0.1) is 18.9 Å².